The third kappa shape index (κ3) is 5.60. The summed E-state index contributed by atoms with van der Waals surface area (Å²) in [6.07, 6.45) is 0. The summed E-state index contributed by atoms with van der Waals surface area (Å²) in [5.41, 5.74) is 1.94. The molecule has 2 aromatic rings. The van der Waals surface area contributed by atoms with Gasteiger partial charge in [-0.3, -0.25) is 10.1 Å². The summed E-state index contributed by atoms with van der Waals surface area (Å²) >= 11 is 3.48. The molecule has 0 aliphatic carbocycles. The van der Waals surface area contributed by atoms with Crippen LogP contribution in [0.15, 0.2) is 40.9 Å². The molecule has 0 spiro atoms. The number of benzene rings is 2. The fourth-order valence-electron chi connectivity index (χ4n) is 2.43. The summed E-state index contributed by atoms with van der Waals surface area (Å²) in [6, 6.07) is 10.2. The smallest absolute Gasteiger partial charge is 0.269 e. The number of ether oxygens (including phenoxy) is 2. The molecular weight excluding hydrogens is 402 g/mol. The number of anilines is 1. The Balaban J connectivity index is 1.86. The van der Waals surface area contributed by atoms with Gasteiger partial charge in [-0.1, -0.05) is 15.9 Å². The number of halogens is 1. The number of hydrogen-bond donors (Lipinski definition) is 2. The molecule has 0 unspecified atom stereocenters. The van der Waals surface area contributed by atoms with E-state index in [-0.39, 0.29) is 5.69 Å². The van der Waals surface area contributed by atoms with Crippen LogP contribution in [0.1, 0.15) is 12.5 Å². The molecule has 0 heterocycles. The summed E-state index contributed by atoms with van der Waals surface area (Å²) < 4.78 is 12.0. The van der Waals surface area contributed by atoms with Crippen LogP contribution in [0.25, 0.3) is 0 Å². The lowest BCUT2D eigenvalue weighted by atomic mass is 10.2. The van der Waals surface area contributed by atoms with Gasteiger partial charge < -0.3 is 20.1 Å². The summed E-state index contributed by atoms with van der Waals surface area (Å²) in [6.45, 7) is 4.54. The monoisotopic (exact) mass is 423 g/mol. The second-order valence-corrected chi connectivity index (χ2v) is 6.35. The highest BCUT2D eigenvalue weighted by Crippen LogP contribution is 2.34. The summed E-state index contributed by atoms with van der Waals surface area (Å²) in [4.78, 5) is 10.2. The topological polar surface area (TPSA) is 85.7 Å². The number of hydrogen-bond acceptors (Lipinski definition) is 6. The van der Waals surface area contributed by atoms with E-state index in [9.17, 15) is 10.1 Å². The number of non-ortho nitro benzene ring substituents is 1. The van der Waals surface area contributed by atoms with Crippen LogP contribution >= 0.6 is 15.9 Å². The molecule has 26 heavy (non-hydrogen) atoms. The largest absolute Gasteiger partial charge is 0.493 e. The molecule has 0 saturated carbocycles. The normalized spacial score (nSPS) is 10.4. The first-order valence-corrected chi connectivity index (χ1v) is 9.02. The zero-order valence-electron chi connectivity index (χ0n) is 14.8. The molecule has 0 bridgehead atoms. The van der Waals surface area contributed by atoms with E-state index in [2.05, 4.69) is 26.6 Å². The molecule has 0 radical (unpaired) electrons. The highest BCUT2D eigenvalue weighted by Gasteiger charge is 2.12. The number of nitro benzene ring substituents is 1. The second kappa shape index (κ2) is 9.98. The minimum absolute atomic E-state index is 0.0840. The van der Waals surface area contributed by atoms with E-state index in [0.29, 0.717) is 25.4 Å². The van der Waals surface area contributed by atoms with Gasteiger partial charge in [-0.2, -0.15) is 0 Å². The van der Waals surface area contributed by atoms with E-state index in [0.717, 1.165) is 28.0 Å². The van der Waals surface area contributed by atoms with Gasteiger partial charge >= 0.3 is 0 Å². The van der Waals surface area contributed by atoms with Crippen LogP contribution < -0.4 is 20.1 Å². The molecule has 7 nitrogen and oxygen atoms in total. The van der Waals surface area contributed by atoms with Crippen LogP contribution in [-0.4, -0.2) is 31.7 Å². The number of nitrogens with zero attached hydrogens (tertiary/aromatic N) is 1. The zero-order valence-corrected chi connectivity index (χ0v) is 16.3. The maximum absolute atomic E-state index is 10.6. The average Bonchev–Trinajstić information content (AvgIpc) is 2.63. The maximum atomic E-state index is 10.6. The average molecular weight is 424 g/mol. The van der Waals surface area contributed by atoms with Gasteiger partial charge in [0.15, 0.2) is 11.5 Å². The van der Waals surface area contributed by atoms with Gasteiger partial charge in [0, 0.05) is 47.5 Å². The molecule has 0 amide bonds. The molecule has 8 heteroatoms. The van der Waals surface area contributed by atoms with Crippen LogP contribution in [0.4, 0.5) is 11.4 Å². The lowest BCUT2D eigenvalue weighted by molar-refractivity contribution is -0.384. The van der Waals surface area contributed by atoms with E-state index in [1.54, 1.807) is 19.2 Å². The van der Waals surface area contributed by atoms with Gasteiger partial charge in [-0.25, -0.2) is 0 Å². The van der Waals surface area contributed by atoms with Crippen molar-refractivity contribution in [3.63, 3.8) is 0 Å². The van der Waals surface area contributed by atoms with Crippen LogP contribution in [-0.2, 0) is 6.54 Å². The maximum Gasteiger partial charge on any atom is 0.269 e. The summed E-state index contributed by atoms with van der Waals surface area (Å²) in [5.74, 6) is 1.44. The zero-order chi connectivity index (χ0) is 18.9. The van der Waals surface area contributed by atoms with Crippen molar-refractivity contribution in [1.82, 2.24) is 5.32 Å². The Morgan fingerprint density at radius 1 is 1.19 bits per heavy atom. The standard InChI is InChI=1S/C18H22BrN3O4/c1-3-26-18-13(10-14(19)11-17(18)25-2)12-20-8-9-21-15-4-6-16(7-5-15)22(23)24/h4-7,10-11,20-21H,3,8-9,12H2,1-2H3. The molecule has 2 rings (SSSR count). The SMILES string of the molecule is CCOc1c(CNCCNc2ccc([N+](=O)[O-])cc2)cc(Br)cc1OC. The molecule has 0 aromatic heterocycles. The molecule has 0 aliphatic rings. The molecule has 0 atom stereocenters. The molecule has 140 valence electrons. The first kappa shape index (κ1) is 20.0. The van der Waals surface area contributed by atoms with Gasteiger partial charge in [-0.15, -0.1) is 0 Å². The van der Waals surface area contributed by atoms with E-state index >= 15 is 0 Å². The fraction of sp³-hybridized carbons (Fsp3) is 0.333. The van der Waals surface area contributed by atoms with Gasteiger partial charge in [-0.05, 0) is 31.2 Å². The molecule has 0 aliphatic heterocycles. The minimum atomic E-state index is -0.409. The van der Waals surface area contributed by atoms with E-state index in [1.165, 1.54) is 12.1 Å². The second-order valence-electron chi connectivity index (χ2n) is 5.44. The minimum Gasteiger partial charge on any atom is -0.493 e. The van der Waals surface area contributed by atoms with E-state index in [1.807, 2.05) is 19.1 Å². The predicted octanol–water partition coefficient (Wildman–Crippen LogP) is 3.97. The highest BCUT2D eigenvalue weighted by molar-refractivity contribution is 9.10. The molecule has 2 aromatic carbocycles. The van der Waals surface area contributed by atoms with Crippen molar-refractivity contribution in [3.8, 4) is 11.5 Å². The number of nitro groups is 1. The molecule has 2 N–H and O–H groups in total. The van der Waals surface area contributed by atoms with Gasteiger partial charge in [0.1, 0.15) is 0 Å². The van der Waals surface area contributed by atoms with Gasteiger partial charge in [0.2, 0.25) is 0 Å². The van der Waals surface area contributed by atoms with Crippen molar-refractivity contribution < 1.29 is 14.4 Å². The van der Waals surface area contributed by atoms with Crippen LogP contribution in [0, 0.1) is 10.1 Å². The van der Waals surface area contributed by atoms with E-state index < -0.39 is 4.92 Å². The Morgan fingerprint density at radius 2 is 1.92 bits per heavy atom. The number of methoxy groups -OCH3 is 1. The first-order chi connectivity index (χ1) is 12.5. The van der Waals surface area contributed by atoms with Gasteiger partial charge in [0.25, 0.3) is 5.69 Å². The van der Waals surface area contributed by atoms with Gasteiger partial charge in [0.05, 0.1) is 18.6 Å². The lowest BCUT2D eigenvalue weighted by Crippen LogP contribution is -2.22. The fourth-order valence-corrected chi connectivity index (χ4v) is 2.92. The quantitative estimate of drug-likeness (QED) is 0.341. The third-order valence-electron chi connectivity index (χ3n) is 3.63. The van der Waals surface area contributed by atoms with Crippen molar-refractivity contribution in [1.29, 1.82) is 0 Å². The van der Waals surface area contributed by atoms with Crippen LogP contribution in [0.5, 0.6) is 11.5 Å². The Morgan fingerprint density at radius 3 is 2.54 bits per heavy atom. The number of nitrogens with one attached hydrogen (secondary N) is 2. The Labute approximate surface area is 161 Å². The van der Waals surface area contributed by atoms with Crippen molar-refractivity contribution in [2.75, 3.05) is 32.1 Å². The van der Waals surface area contributed by atoms with Crippen molar-refractivity contribution >= 4 is 27.3 Å². The molecular formula is C18H22BrN3O4. The van der Waals surface area contributed by atoms with Crippen molar-refractivity contribution in [2.24, 2.45) is 0 Å². The van der Waals surface area contributed by atoms with E-state index in [4.69, 9.17) is 9.47 Å². The van der Waals surface area contributed by atoms with Crippen LogP contribution in [0.3, 0.4) is 0 Å². The van der Waals surface area contributed by atoms with Crippen LogP contribution in [0.2, 0.25) is 0 Å². The summed E-state index contributed by atoms with van der Waals surface area (Å²) in [5, 5.41) is 17.2. The molecule has 0 saturated heterocycles. The summed E-state index contributed by atoms with van der Waals surface area (Å²) in [7, 11) is 1.62. The Bertz CT molecular complexity index is 738. The Kier molecular flexibility index (Phi) is 7.68. The third-order valence-corrected chi connectivity index (χ3v) is 4.09. The first-order valence-electron chi connectivity index (χ1n) is 8.23. The predicted molar refractivity (Wildman–Crippen MR) is 105 cm³/mol. The Hall–Kier alpha value is -2.32. The number of rotatable bonds is 10. The lowest BCUT2D eigenvalue weighted by Gasteiger charge is -2.15. The highest BCUT2D eigenvalue weighted by atomic mass is 79.9. The molecule has 0 fully saturated rings. The van der Waals surface area contributed by atoms with Crippen molar-refractivity contribution in [2.45, 2.75) is 13.5 Å². The van der Waals surface area contributed by atoms with Crippen molar-refractivity contribution in [3.05, 3.63) is 56.5 Å².